The van der Waals surface area contributed by atoms with Crippen LogP contribution in [0.5, 0.6) is 0 Å². The molecule has 2 N–H and O–H groups in total. The van der Waals surface area contributed by atoms with Crippen LogP contribution < -0.4 is 10.6 Å². The number of anilines is 2. The molecule has 6 rings (SSSR count). The van der Waals surface area contributed by atoms with Gasteiger partial charge in [-0.3, -0.25) is 4.98 Å². The van der Waals surface area contributed by atoms with Gasteiger partial charge >= 0.3 is 0 Å². The second kappa shape index (κ2) is 11.8. The molecule has 0 saturated heterocycles. The molecule has 9 nitrogen and oxygen atoms in total. The maximum atomic E-state index is 13.8. The summed E-state index contributed by atoms with van der Waals surface area (Å²) in [6, 6.07) is 18.4. The summed E-state index contributed by atoms with van der Waals surface area (Å²) in [5.74, 6) is -0.670. The number of aromatic nitrogens is 5. The monoisotopic (exact) mass is 578 g/mol. The van der Waals surface area contributed by atoms with Gasteiger partial charge < -0.3 is 10.6 Å². The topological polar surface area (TPSA) is 128 Å². The fraction of sp³-hybridized carbons (Fsp3) is 0.226. The normalized spacial score (nSPS) is 15.2. The first-order valence-corrected chi connectivity index (χ1v) is 13.8. The van der Waals surface area contributed by atoms with Gasteiger partial charge in [0, 0.05) is 29.9 Å². The van der Waals surface area contributed by atoms with E-state index in [1.165, 1.54) is 24.5 Å². The fourth-order valence-electron chi connectivity index (χ4n) is 4.82. The Morgan fingerprint density at radius 3 is 2.62 bits per heavy atom. The van der Waals surface area contributed by atoms with E-state index >= 15 is 0 Å². The van der Waals surface area contributed by atoms with Crippen LogP contribution in [0.15, 0.2) is 73.2 Å². The molecular weight excluding hydrogens is 553 g/mol. The molecule has 2 atom stereocenters. The molecule has 0 bridgehead atoms. The van der Waals surface area contributed by atoms with Crippen molar-refractivity contribution in [2.45, 2.75) is 43.8 Å². The average molecular weight is 579 g/mol. The standard InChI is InChI=1S/C31H25ClFN9/c32-25-14-22(38-30(20-8-11-28(33)36-16-20)27-18-42(41-40-27)23-9-10-23)13-24-29(21(15-35)17-37-31(24)25)39-26(7-4-12-34)19-5-2-1-3-6-19/h1-3,5-6,8,11,13-14,16-18,23,26,30,38H,4,7,9-10H2,(H,37,39)/t26-,30?/m1/s1/i30D. The van der Waals surface area contributed by atoms with Crippen molar-refractivity contribution < 1.29 is 5.76 Å². The smallest absolute Gasteiger partial charge is 0.212 e. The first-order chi connectivity index (χ1) is 20.9. The first kappa shape index (κ1) is 25.9. The third-order valence-corrected chi connectivity index (χ3v) is 7.37. The lowest BCUT2D eigenvalue weighted by molar-refractivity contribution is 0.581. The van der Waals surface area contributed by atoms with Crippen LogP contribution in [0.25, 0.3) is 10.9 Å². The lowest BCUT2D eigenvalue weighted by Gasteiger charge is -2.23. The Kier molecular flexibility index (Phi) is 7.28. The molecule has 0 spiro atoms. The molecule has 11 heteroatoms. The molecule has 0 aliphatic heterocycles. The minimum Gasteiger partial charge on any atom is -0.377 e. The van der Waals surface area contributed by atoms with Crippen LogP contribution in [-0.4, -0.2) is 25.0 Å². The molecule has 1 aliphatic rings. The van der Waals surface area contributed by atoms with Crippen molar-refractivity contribution in [3.8, 4) is 12.1 Å². The van der Waals surface area contributed by atoms with Crippen LogP contribution >= 0.6 is 11.6 Å². The number of benzene rings is 2. The zero-order chi connectivity index (χ0) is 30.0. The number of nitriles is 2. The van der Waals surface area contributed by atoms with Gasteiger partial charge in [-0.25, -0.2) is 9.67 Å². The molecule has 42 heavy (non-hydrogen) atoms. The molecule has 3 aromatic heterocycles. The summed E-state index contributed by atoms with van der Waals surface area (Å²) in [5, 5.41) is 35.4. The SMILES string of the molecule is [2H]C(Nc1cc(Cl)c2ncc(C#N)c(N[C@H](CCC#N)c3ccccc3)c2c1)(c1ccc(F)nc1)c1cn(C2CC2)nn1. The number of pyridine rings is 2. The number of nitrogens with zero attached hydrogens (tertiary/aromatic N) is 7. The van der Waals surface area contributed by atoms with Crippen molar-refractivity contribution in [2.24, 2.45) is 0 Å². The fourth-order valence-corrected chi connectivity index (χ4v) is 5.09. The van der Waals surface area contributed by atoms with Crippen LogP contribution in [0.2, 0.25) is 5.02 Å². The Morgan fingerprint density at radius 1 is 1.07 bits per heavy atom. The second-order valence-electron chi connectivity index (χ2n) is 10.0. The summed E-state index contributed by atoms with van der Waals surface area (Å²) < 4.78 is 25.1. The maximum absolute atomic E-state index is 13.8. The predicted molar refractivity (Wildman–Crippen MR) is 157 cm³/mol. The van der Waals surface area contributed by atoms with Crippen LogP contribution in [0, 0.1) is 28.6 Å². The second-order valence-corrected chi connectivity index (χ2v) is 10.4. The molecule has 5 aromatic rings. The van der Waals surface area contributed by atoms with Crippen LogP contribution in [0.4, 0.5) is 15.8 Å². The average Bonchev–Trinajstić information content (AvgIpc) is 3.75. The van der Waals surface area contributed by atoms with E-state index in [2.05, 4.69) is 43.1 Å². The lowest BCUT2D eigenvalue weighted by Crippen LogP contribution is -2.14. The Morgan fingerprint density at radius 2 is 1.90 bits per heavy atom. The van der Waals surface area contributed by atoms with Crippen LogP contribution in [-0.2, 0) is 0 Å². The van der Waals surface area contributed by atoms with E-state index in [1.807, 2.05) is 30.3 Å². The molecular formula is C31H25ClFN9. The zero-order valence-corrected chi connectivity index (χ0v) is 23.1. The lowest BCUT2D eigenvalue weighted by atomic mass is 10.00. The van der Waals surface area contributed by atoms with E-state index in [0.29, 0.717) is 57.0 Å². The van der Waals surface area contributed by atoms with Gasteiger partial charge in [0.05, 0.1) is 53.5 Å². The summed E-state index contributed by atoms with van der Waals surface area (Å²) in [7, 11) is 0. The largest absolute Gasteiger partial charge is 0.377 e. The Balaban J connectivity index is 1.45. The summed E-state index contributed by atoms with van der Waals surface area (Å²) in [6.45, 7) is 0. The van der Waals surface area contributed by atoms with E-state index in [-0.39, 0.29) is 12.1 Å². The minimum atomic E-state index is -1.71. The van der Waals surface area contributed by atoms with Gasteiger partial charge in [-0.2, -0.15) is 14.9 Å². The zero-order valence-electron chi connectivity index (χ0n) is 23.3. The highest BCUT2D eigenvalue weighted by Gasteiger charge is 2.27. The van der Waals surface area contributed by atoms with Gasteiger partial charge in [-0.1, -0.05) is 53.2 Å². The van der Waals surface area contributed by atoms with E-state index in [0.717, 1.165) is 18.4 Å². The van der Waals surface area contributed by atoms with E-state index < -0.39 is 12.0 Å². The minimum absolute atomic E-state index is 0.245. The predicted octanol–water partition coefficient (Wildman–Crippen LogP) is 6.88. The number of nitrogens with one attached hydrogen (secondary N) is 2. The molecule has 208 valence electrons. The van der Waals surface area contributed by atoms with E-state index in [1.54, 1.807) is 23.0 Å². The van der Waals surface area contributed by atoms with Gasteiger partial charge in [0.1, 0.15) is 11.8 Å². The summed E-state index contributed by atoms with van der Waals surface area (Å²) >= 11 is 6.75. The number of hydrogen-bond acceptors (Lipinski definition) is 8. The van der Waals surface area contributed by atoms with E-state index in [9.17, 15) is 16.3 Å². The highest BCUT2D eigenvalue weighted by Crippen LogP contribution is 2.38. The Hall–Kier alpha value is -5.06. The van der Waals surface area contributed by atoms with Crippen molar-refractivity contribution in [2.75, 3.05) is 10.6 Å². The third kappa shape index (κ3) is 5.71. The van der Waals surface area contributed by atoms with Crippen LogP contribution in [0.1, 0.15) is 67.5 Å². The van der Waals surface area contributed by atoms with Gasteiger partial charge in [0.25, 0.3) is 0 Å². The van der Waals surface area contributed by atoms with Crippen molar-refractivity contribution in [1.82, 2.24) is 25.0 Å². The van der Waals surface area contributed by atoms with Gasteiger partial charge in [0.15, 0.2) is 0 Å². The quantitative estimate of drug-likeness (QED) is 0.172. The van der Waals surface area contributed by atoms with Gasteiger partial charge in [-0.05, 0) is 48.6 Å². The summed E-state index contributed by atoms with van der Waals surface area (Å²) in [6.07, 6.45) is 7.25. The van der Waals surface area contributed by atoms with Crippen molar-refractivity contribution in [1.29, 1.82) is 10.5 Å². The third-order valence-electron chi connectivity index (χ3n) is 7.08. The van der Waals surface area contributed by atoms with Crippen molar-refractivity contribution in [3.63, 3.8) is 0 Å². The molecule has 3 heterocycles. The van der Waals surface area contributed by atoms with Crippen molar-refractivity contribution in [3.05, 3.63) is 107 Å². The number of fused-ring (bicyclic) bond motifs is 1. The highest BCUT2D eigenvalue weighted by atomic mass is 35.5. The van der Waals surface area contributed by atoms with E-state index in [4.69, 9.17) is 11.6 Å². The van der Waals surface area contributed by atoms with Gasteiger partial charge in [0.2, 0.25) is 5.95 Å². The Bertz CT molecular complexity index is 1860. The maximum Gasteiger partial charge on any atom is 0.212 e. The highest BCUT2D eigenvalue weighted by molar-refractivity contribution is 6.35. The molecule has 1 aliphatic carbocycles. The number of halogens is 2. The molecule has 1 saturated carbocycles. The molecule has 2 aromatic carbocycles. The first-order valence-electron chi connectivity index (χ1n) is 13.9. The van der Waals surface area contributed by atoms with Crippen molar-refractivity contribution >= 4 is 33.9 Å². The van der Waals surface area contributed by atoms with Gasteiger partial charge in [-0.15, -0.1) is 5.10 Å². The molecule has 1 fully saturated rings. The number of hydrogen-bond donors (Lipinski definition) is 2. The molecule has 0 radical (unpaired) electrons. The molecule has 1 unspecified atom stereocenters. The van der Waals surface area contributed by atoms with Crippen LogP contribution in [0.3, 0.4) is 0 Å². The summed E-state index contributed by atoms with van der Waals surface area (Å²) in [5.41, 5.74) is 3.29. The summed E-state index contributed by atoms with van der Waals surface area (Å²) in [4.78, 5) is 8.22. The molecule has 0 amide bonds. The number of rotatable bonds is 10. The Labute approximate surface area is 248 Å².